The molecule has 0 saturated carbocycles. The lowest BCUT2D eigenvalue weighted by molar-refractivity contribution is -0.121. The molecule has 0 radical (unpaired) electrons. The van der Waals surface area contributed by atoms with Crippen LogP contribution in [0.4, 0.5) is 0 Å². The number of carbonyl (C=O) groups excluding carboxylic acids is 2. The van der Waals surface area contributed by atoms with Gasteiger partial charge in [0.25, 0.3) is 0 Å². The molecule has 0 unspecified atom stereocenters. The molecule has 5 heteroatoms. The number of hydrogen-bond acceptors (Lipinski definition) is 3. The fraction of sp³-hybridized carbons (Fsp3) is 0.333. The molecular weight excluding hydrogens is 398 g/mol. The van der Waals surface area contributed by atoms with Crippen LogP contribution in [0, 0.1) is 0 Å². The normalized spacial score (nSPS) is 15.5. The molecule has 1 aliphatic heterocycles. The molecule has 0 bridgehead atoms. The molecule has 2 N–H and O–H groups in total. The van der Waals surface area contributed by atoms with E-state index in [9.17, 15) is 9.59 Å². The highest BCUT2D eigenvalue weighted by molar-refractivity contribution is 5.94. The third kappa shape index (κ3) is 5.35. The van der Waals surface area contributed by atoms with Gasteiger partial charge in [0.2, 0.25) is 12.3 Å². The number of benzene rings is 2. The smallest absolute Gasteiger partial charge is 0.220 e. The minimum absolute atomic E-state index is 0.0525. The van der Waals surface area contributed by atoms with Gasteiger partial charge >= 0.3 is 0 Å². The first-order valence-corrected chi connectivity index (χ1v) is 11.5. The van der Waals surface area contributed by atoms with E-state index in [1.54, 1.807) is 0 Å². The van der Waals surface area contributed by atoms with E-state index in [4.69, 9.17) is 0 Å². The van der Waals surface area contributed by atoms with Crippen molar-refractivity contribution in [3.63, 3.8) is 0 Å². The summed E-state index contributed by atoms with van der Waals surface area (Å²) in [7, 11) is 0. The number of piperidine rings is 1. The molecule has 1 saturated heterocycles. The van der Waals surface area contributed by atoms with Gasteiger partial charge in [-0.05, 0) is 47.1 Å². The predicted molar refractivity (Wildman–Crippen MR) is 130 cm³/mol. The molecule has 0 spiro atoms. The highest BCUT2D eigenvalue weighted by Gasteiger charge is 2.22. The van der Waals surface area contributed by atoms with Gasteiger partial charge in [-0.3, -0.25) is 9.59 Å². The van der Waals surface area contributed by atoms with Crippen molar-refractivity contribution in [3.05, 3.63) is 76.4 Å². The number of amides is 2. The second-order valence-electron chi connectivity index (χ2n) is 8.35. The summed E-state index contributed by atoms with van der Waals surface area (Å²) in [6.07, 6.45) is 8.34. The Labute approximate surface area is 190 Å². The first kappa shape index (κ1) is 22.0. The summed E-state index contributed by atoms with van der Waals surface area (Å²) in [6, 6.07) is 17.4. The van der Waals surface area contributed by atoms with Gasteiger partial charge in [0.05, 0.1) is 0 Å². The molecule has 4 rings (SSSR count). The van der Waals surface area contributed by atoms with Crippen LogP contribution in [0.5, 0.6) is 0 Å². The highest BCUT2D eigenvalue weighted by atomic mass is 16.1. The maximum atomic E-state index is 11.9. The van der Waals surface area contributed by atoms with Gasteiger partial charge in [0, 0.05) is 39.1 Å². The van der Waals surface area contributed by atoms with E-state index in [2.05, 4.69) is 76.2 Å². The molecular formula is C27H31N3O2. The monoisotopic (exact) mass is 429 g/mol. The second kappa shape index (κ2) is 10.9. The van der Waals surface area contributed by atoms with Crippen molar-refractivity contribution in [1.29, 1.82) is 0 Å². The maximum absolute atomic E-state index is 11.9. The summed E-state index contributed by atoms with van der Waals surface area (Å²) in [4.78, 5) is 24.6. The Kier molecular flexibility index (Phi) is 7.51. The van der Waals surface area contributed by atoms with Gasteiger partial charge in [-0.15, -0.1) is 0 Å². The molecule has 0 aromatic heterocycles. The van der Waals surface area contributed by atoms with Crippen LogP contribution in [0.1, 0.15) is 47.9 Å². The highest BCUT2D eigenvalue weighted by Crippen LogP contribution is 2.38. The van der Waals surface area contributed by atoms with Crippen LogP contribution in [0.3, 0.4) is 0 Å². The topological polar surface area (TPSA) is 61.4 Å². The zero-order chi connectivity index (χ0) is 22.2. The van der Waals surface area contributed by atoms with E-state index in [1.165, 1.54) is 33.4 Å². The number of nitrogens with one attached hydrogen (secondary N) is 2. The van der Waals surface area contributed by atoms with Crippen molar-refractivity contribution in [2.75, 3.05) is 32.7 Å². The average molecular weight is 430 g/mol. The van der Waals surface area contributed by atoms with Gasteiger partial charge in [0.15, 0.2) is 0 Å². The van der Waals surface area contributed by atoms with Crippen molar-refractivity contribution in [2.24, 2.45) is 0 Å². The molecule has 1 aliphatic carbocycles. The Balaban J connectivity index is 1.38. The third-order valence-electron chi connectivity index (χ3n) is 6.27. The van der Waals surface area contributed by atoms with Crippen LogP contribution >= 0.6 is 0 Å². The van der Waals surface area contributed by atoms with Crippen molar-refractivity contribution in [3.8, 4) is 0 Å². The van der Waals surface area contributed by atoms with Crippen LogP contribution in [-0.2, 0) is 9.59 Å². The Morgan fingerprint density at radius 1 is 0.906 bits per heavy atom. The second-order valence-corrected chi connectivity index (χ2v) is 8.35. The average Bonchev–Trinajstić information content (AvgIpc) is 2.99. The number of fused-ring (bicyclic) bond motifs is 2. The Morgan fingerprint density at radius 3 is 2.16 bits per heavy atom. The lowest BCUT2D eigenvalue weighted by Crippen LogP contribution is -2.38. The summed E-state index contributed by atoms with van der Waals surface area (Å²) in [5, 5.41) is 5.58. The standard InChI is InChI=1S/C27H31N3O2/c31-20-28-15-5-10-26(32)29-16-19-30-17-13-23(14-18-30)27-24-8-3-1-6-21(24)11-12-22-7-2-4-9-25(22)27/h1-4,6-9,11-12,20H,5,10,13-19H2,(H,28,31)(H,29,32). The minimum Gasteiger partial charge on any atom is -0.359 e. The molecule has 2 amide bonds. The summed E-state index contributed by atoms with van der Waals surface area (Å²) in [5.74, 6) is 0.0525. The van der Waals surface area contributed by atoms with E-state index < -0.39 is 0 Å². The molecule has 2 aromatic carbocycles. The molecule has 32 heavy (non-hydrogen) atoms. The van der Waals surface area contributed by atoms with Crippen LogP contribution in [-0.4, -0.2) is 49.9 Å². The molecule has 1 fully saturated rings. The van der Waals surface area contributed by atoms with Crippen LogP contribution in [0.2, 0.25) is 0 Å². The maximum Gasteiger partial charge on any atom is 0.220 e. The molecule has 166 valence electrons. The van der Waals surface area contributed by atoms with Crippen LogP contribution < -0.4 is 10.6 Å². The Bertz CT molecular complexity index is 964. The van der Waals surface area contributed by atoms with Gasteiger partial charge in [-0.25, -0.2) is 0 Å². The van der Waals surface area contributed by atoms with Crippen LogP contribution in [0.25, 0.3) is 17.7 Å². The summed E-state index contributed by atoms with van der Waals surface area (Å²) in [5.41, 5.74) is 8.14. The van der Waals surface area contributed by atoms with E-state index in [0.717, 1.165) is 32.5 Å². The minimum atomic E-state index is 0.0525. The van der Waals surface area contributed by atoms with Gasteiger partial charge in [0.1, 0.15) is 0 Å². The molecule has 2 aliphatic rings. The quantitative estimate of drug-likeness (QED) is 0.424. The summed E-state index contributed by atoms with van der Waals surface area (Å²) in [6.45, 7) is 4.10. The number of hydrogen-bond donors (Lipinski definition) is 2. The Morgan fingerprint density at radius 2 is 1.53 bits per heavy atom. The molecule has 0 atom stereocenters. The van der Waals surface area contributed by atoms with E-state index in [1.807, 2.05) is 0 Å². The summed E-state index contributed by atoms with van der Waals surface area (Å²) < 4.78 is 0. The van der Waals surface area contributed by atoms with E-state index >= 15 is 0 Å². The molecule has 2 aromatic rings. The van der Waals surface area contributed by atoms with E-state index in [-0.39, 0.29) is 5.91 Å². The summed E-state index contributed by atoms with van der Waals surface area (Å²) >= 11 is 0. The predicted octanol–water partition coefficient (Wildman–Crippen LogP) is 3.71. The lowest BCUT2D eigenvalue weighted by Gasteiger charge is -2.30. The fourth-order valence-corrected chi connectivity index (χ4v) is 4.59. The van der Waals surface area contributed by atoms with Crippen LogP contribution in [0.15, 0.2) is 54.1 Å². The zero-order valence-electron chi connectivity index (χ0n) is 18.5. The van der Waals surface area contributed by atoms with E-state index in [0.29, 0.717) is 32.3 Å². The lowest BCUT2D eigenvalue weighted by atomic mass is 9.86. The van der Waals surface area contributed by atoms with Gasteiger partial charge < -0.3 is 15.5 Å². The third-order valence-corrected chi connectivity index (χ3v) is 6.27. The number of rotatable bonds is 8. The number of carbonyl (C=O) groups is 2. The molecule has 1 heterocycles. The zero-order valence-corrected chi connectivity index (χ0v) is 18.5. The van der Waals surface area contributed by atoms with Crippen molar-refractivity contribution >= 4 is 30.0 Å². The Hall–Kier alpha value is -3.18. The molecule has 5 nitrogen and oxygen atoms in total. The SMILES string of the molecule is O=CNCCCC(=O)NCCN1CCC(=C2c3ccccc3C=Cc3ccccc32)CC1. The first-order valence-electron chi connectivity index (χ1n) is 11.5. The fourth-order valence-electron chi connectivity index (χ4n) is 4.59. The van der Waals surface area contributed by atoms with Gasteiger partial charge in [-0.1, -0.05) is 66.3 Å². The first-order chi connectivity index (χ1) is 15.8. The number of nitrogens with zero attached hydrogens (tertiary/aromatic N) is 1. The van der Waals surface area contributed by atoms with Gasteiger partial charge in [-0.2, -0.15) is 0 Å². The van der Waals surface area contributed by atoms with Crippen molar-refractivity contribution in [2.45, 2.75) is 25.7 Å². The van der Waals surface area contributed by atoms with Crippen molar-refractivity contribution < 1.29 is 9.59 Å². The largest absolute Gasteiger partial charge is 0.359 e. The number of likely N-dealkylation sites (tertiary alicyclic amines) is 1. The van der Waals surface area contributed by atoms with Crippen molar-refractivity contribution in [1.82, 2.24) is 15.5 Å².